The first-order chi connectivity index (χ1) is 11.3. The van der Waals surface area contributed by atoms with E-state index in [4.69, 9.17) is 4.74 Å². The Morgan fingerprint density at radius 3 is 2.87 bits per heavy atom. The molecule has 0 radical (unpaired) electrons. The zero-order chi connectivity index (χ0) is 16.3. The number of ether oxygens (including phenoxy) is 1. The van der Waals surface area contributed by atoms with Crippen molar-refractivity contribution in [3.05, 3.63) is 30.3 Å². The maximum absolute atomic E-state index is 5.68. The fraction of sp³-hybridized carbons (Fsp3) is 0.611. The van der Waals surface area contributed by atoms with E-state index < -0.39 is 0 Å². The number of nitrogens with one attached hydrogen (secondary N) is 2. The van der Waals surface area contributed by atoms with E-state index in [1.54, 1.807) is 0 Å². The van der Waals surface area contributed by atoms with E-state index in [1.165, 1.54) is 19.4 Å². The molecule has 5 nitrogen and oxygen atoms in total. The average Bonchev–Trinajstić information content (AvgIpc) is 3.06. The minimum absolute atomic E-state index is 0.639. The smallest absolute Gasteiger partial charge is 0.191 e. The molecule has 1 aliphatic rings. The van der Waals surface area contributed by atoms with Gasteiger partial charge in [0.05, 0.1) is 6.61 Å². The number of nitrogens with zero attached hydrogens (tertiary/aromatic N) is 2. The molecule has 0 aromatic heterocycles. The summed E-state index contributed by atoms with van der Waals surface area (Å²) in [6, 6.07) is 10.6. The Balaban J connectivity index is 1.58. The van der Waals surface area contributed by atoms with Crippen molar-refractivity contribution in [2.24, 2.45) is 4.99 Å². The summed E-state index contributed by atoms with van der Waals surface area (Å²) in [5, 5.41) is 6.79. The summed E-state index contributed by atoms with van der Waals surface area (Å²) < 4.78 is 5.68. The molecule has 0 spiro atoms. The van der Waals surface area contributed by atoms with E-state index in [-0.39, 0.29) is 0 Å². The minimum atomic E-state index is 0.639. The van der Waals surface area contributed by atoms with Gasteiger partial charge in [0.25, 0.3) is 0 Å². The van der Waals surface area contributed by atoms with E-state index in [1.807, 2.05) is 37.4 Å². The molecule has 1 unspecified atom stereocenters. The van der Waals surface area contributed by atoms with Crippen molar-refractivity contribution in [2.45, 2.75) is 32.2 Å². The number of para-hydroxylation sites is 1. The lowest BCUT2D eigenvalue weighted by Gasteiger charge is -2.24. The Bertz CT molecular complexity index is 463. The van der Waals surface area contributed by atoms with Crippen LogP contribution in [-0.2, 0) is 0 Å². The second-order valence-corrected chi connectivity index (χ2v) is 5.82. The molecule has 0 saturated carbocycles. The van der Waals surface area contributed by atoms with Gasteiger partial charge in [0.1, 0.15) is 5.75 Å². The number of benzene rings is 1. The van der Waals surface area contributed by atoms with Gasteiger partial charge in [-0.25, -0.2) is 0 Å². The Labute approximate surface area is 140 Å². The van der Waals surface area contributed by atoms with E-state index in [0.29, 0.717) is 12.6 Å². The normalized spacial score (nSPS) is 18.9. The van der Waals surface area contributed by atoms with Gasteiger partial charge in [0, 0.05) is 26.2 Å². The van der Waals surface area contributed by atoms with Gasteiger partial charge in [-0.1, -0.05) is 25.1 Å². The minimum Gasteiger partial charge on any atom is -0.494 e. The largest absolute Gasteiger partial charge is 0.494 e. The van der Waals surface area contributed by atoms with Gasteiger partial charge in [-0.15, -0.1) is 0 Å². The van der Waals surface area contributed by atoms with Crippen LogP contribution in [0.4, 0.5) is 0 Å². The molecule has 2 N–H and O–H groups in total. The summed E-state index contributed by atoms with van der Waals surface area (Å²) in [6.45, 7) is 7.13. The third-order valence-corrected chi connectivity index (χ3v) is 4.26. The number of hydrogen-bond donors (Lipinski definition) is 2. The van der Waals surface area contributed by atoms with Crippen molar-refractivity contribution >= 4 is 5.96 Å². The maximum atomic E-state index is 5.68. The van der Waals surface area contributed by atoms with Crippen LogP contribution >= 0.6 is 0 Å². The number of rotatable bonds is 8. The maximum Gasteiger partial charge on any atom is 0.191 e. The van der Waals surface area contributed by atoms with Crippen LogP contribution in [0.3, 0.4) is 0 Å². The highest BCUT2D eigenvalue weighted by Gasteiger charge is 2.22. The molecule has 1 heterocycles. The average molecular weight is 318 g/mol. The number of likely N-dealkylation sites (tertiary alicyclic amines) is 1. The monoisotopic (exact) mass is 318 g/mol. The van der Waals surface area contributed by atoms with Crippen LogP contribution in [0.25, 0.3) is 0 Å². The van der Waals surface area contributed by atoms with Crippen LogP contribution in [0.5, 0.6) is 5.75 Å². The fourth-order valence-corrected chi connectivity index (χ4v) is 2.96. The van der Waals surface area contributed by atoms with Crippen molar-refractivity contribution in [3.63, 3.8) is 0 Å². The summed E-state index contributed by atoms with van der Waals surface area (Å²) in [6.07, 6.45) is 3.53. The lowest BCUT2D eigenvalue weighted by molar-refractivity contribution is 0.267. The topological polar surface area (TPSA) is 48.9 Å². The predicted molar refractivity (Wildman–Crippen MR) is 96.2 cm³/mol. The molecule has 0 aliphatic carbocycles. The van der Waals surface area contributed by atoms with Gasteiger partial charge in [-0.05, 0) is 44.5 Å². The molecule has 1 aliphatic heterocycles. The van der Waals surface area contributed by atoms with Gasteiger partial charge in [0.2, 0.25) is 0 Å². The zero-order valence-electron chi connectivity index (χ0n) is 14.4. The summed E-state index contributed by atoms with van der Waals surface area (Å²) in [4.78, 5) is 6.83. The van der Waals surface area contributed by atoms with Gasteiger partial charge in [-0.2, -0.15) is 0 Å². The first-order valence-corrected chi connectivity index (χ1v) is 8.70. The first kappa shape index (κ1) is 17.6. The van der Waals surface area contributed by atoms with E-state index in [2.05, 4.69) is 27.4 Å². The Hall–Kier alpha value is -1.75. The van der Waals surface area contributed by atoms with Crippen LogP contribution in [0.2, 0.25) is 0 Å². The van der Waals surface area contributed by atoms with Crippen molar-refractivity contribution in [1.82, 2.24) is 15.5 Å². The summed E-state index contributed by atoms with van der Waals surface area (Å²) >= 11 is 0. The van der Waals surface area contributed by atoms with Crippen molar-refractivity contribution in [2.75, 3.05) is 39.8 Å². The summed E-state index contributed by atoms with van der Waals surface area (Å²) in [5.74, 6) is 1.81. The molecule has 0 bridgehead atoms. The van der Waals surface area contributed by atoms with Crippen molar-refractivity contribution < 1.29 is 4.74 Å². The third-order valence-electron chi connectivity index (χ3n) is 4.26. The Morgan fingerprint density at radius 2 is 2.13 bits per heavy atom. The lowest BCUT2D eigenvalue weighted by atomic mass is 10.2. The van der Waals surface area contributed by atoms with Crippen LogP contribution in [0.15, 0.2) is 35.3 Å². The number of aliphatic imine (C=N–C) groups is 1. The highest BCUT2D eigenvalue weighted by atomic mass is 16.5. The first-order valence-electron chi connectivity index (χ1n) is 8.70. The highest BCUT2D eigenvalue weighted by Crippen LogP contribution is 2.15. The molecule has 1 saturated heterocycles. The SMILES string of the molecule is CCN1CCCC1CNC(=NC)NCCCOc1ccccc1. The Kier molecular flexibility index (Phi) is 7.73. The van der Waals surface area contributed by atoms with Crippen LogP contribution in [0.1, 0.15) is 26.2 Å². The van der Waals surface area contributed by atoms with Crippen LogP contribution in [-0.4, -0.2) is 56.7 Å². The molecular weight excluding hydrogens is 288 g/mol. The second-order valence-electron chi connectivity index (χ2n) is 5.82. The molecule has 2 rings (SSSR count). The van der Waals surface area contributed by atoms with Gasteiger partial charge in [-0.3, -0.25) is 9.89 Å². The van der Waals surface area contributed by atoms with Gasteiger partial charge in [0.15, 0.2) is 5.96 Å². The summed E-state index contributed by atoms with van der Waals surface area (Å²) in [7, 11) is 1.82. The predicted octanol–water partition coefficient (Wildman–Crippen LogP) is 2.10. The van der Waals surface area contributed by atoms with Crippen LogP contribution < -0.4 is 15.4 Å². The van der Waals surface area contributed by atoms with Gasteiger partial charge >= 0.3 is 0 Å². The van der Waals surface area contributed by atoms with E-state index in [0.717, 1.165) is 37.8 Å². The number of guanidine groups is 1. The van der Waals surface area contributed by atoms with Gasteiger partial charge < -0.3 is 15.4 Å². The molecule has 1 aromatic carbocycles. The molecule has 5 heteroatoms. The van der Waals surface area contributed by atoms with E-state index in [9.17, 15) is 0 Å². The summed E-state index contributed by atoms with van der Waals surface area (Å²) in [5.41, 5.74) is 0. The zero-order valence-corrected chi connectivity index (χ0v) is 14.4. The third kappa shape index (κ3) is 6.10. The quantitative estimate of drug-likeness (QED) is 0.438. The molecule has 1 fully saturated rings. The molecule has 23 heavy (non-hydrogen) atoms. The molecule has 1 aromatic rings. The number of hydrogen-bond acceptors (Lipinski definition) is 3. The molecule has 128 valence electrons. The second kappa shape index (κ2) is 10.1. The standard InChI is InChI=1S/C18H30N4O/c1-3-22-13-7-9-16(22)15-21-18(19-2)20-12-8-14-23-17-10-5-4-6-11-17/h4-6,10-11,16H,3,7-9,12-15H2,1-2H3,(H2,19,20,21). The lowest BCUT2D eigenvalue weighted by Crippen LogP contribution is -2.45. The Morgan fingerprint density at radius 1 is 1.30 bits per heavy atom. The number of likely N-dealkylation sites (N-methyl/N-ethyl adjacent to an activating group) is 1. The highest BCUT2D eigenvalue weighted by molar-refractivity contribution is 5.79. The van der Waals surface area contributed by atoms with Crippen LogP contribution in [0, 0.1) is 0 Å². The molecule has 1 atom stereocenters. The molecular formula is C18H30N4O. The van der Waals surface area contributed by atoms with E-state index >= 15 is 0 Å². The molecule has 0 amide bonds. The van der Waals surface area contributed by atoms with Crippen molar-refractivity contribution in [3.8, 4) is 5.75 Å². The van der Waals surface area contributed by atoms with Crippen molar-refractivity contribution in [1.29, 1.82) is 0 Å². The fourth-order valence-electron chi connectivity index (χ4n) is 2.96.